The standard InChI is InChI=1S/C17H14Cl2N2O2S/c1-23-10-9-21-15-13(8-7-12(18)14(15)19)24-17(21)20-16(22)11-5-3-2-4-6-11/h2-8H,9-10H2,1H3. The Bertz CT molecular complexity index is 948. The third kappa shape index (κ3) is 3.39. The highest BCUT2D eigenvalue weighted by atomic mass is 35.5. The number of thiazole rings is 1. The number of rotatable bonds is 4. The van der Waals surface area contributed by atoms with Gasteiger partial charge in [0.1, 0.15) is 0 Å². The van der Waals surface area contributed by atoms with E-state index in [0.717, 1.165) is 10.2 Å². The molecule has 0 bridgehead atoms. The van der Waals surface area contributed by atoms with E-state index in [4.69, 9.17) is 27.9 Å². The van der Waals surface area contributed by atoms with Crippen molar-refractivity contribution in [1.29, 1.82) is 0 Å². The van der Waals surface area contributed by atoms with Crippen LogP contribution < -0.4 is 4.80 Å². The lowest BCUT2D eigenvalue weighted by Crippen LogP contribution is -2.19. The molecule has 0 radical (unpaired) electrons. The van der Waals surface area contributed by atoms with Crippen molar-refractivity contribution in [1.82, 2.24) is 4.57 Å². The van der Waals surface area contributed by atoms with E-state index in [2.05, 4.69) is 4.99 Å². The van der Waals surface area contributed by atoms with E-state index in [1.165, 1.54) is 11.3 Å². The Hall–Kier alpha value is -1.66. The fourth-order valence-electron chi connectivity index (χ4n) is 2.31. The molecule has 0 saturated carbocycles. The Labute approximate surface area is 152 Å². The lowest BCUT2D eigenvalue weighted by molar-refractivity contribution is 0.0997. The van der Waals surface area contributed by atoms with Gasteiger partial charge in [0.25, 0.3) is 5.91 Å². The van der Waals surface area contributed by atoms with Crippen molar-refractivity contribution >= 4 is 50.7 Å². The van der Waals surface area contributed by atoms with Crippen molar-refractivity contribution in [2.24, 2.45) is 4.99 Å². The highest BCUT2D eigenvalue weighted by Gasteiger charge is 2.13. The molecule has 3 aromatic rings. The largest absolute Gasteiger partial charge is 0.383 e. The van der Waals surface area contributed by atoms with Crippen LogP contribution in [0.25, 0.3) is 10.2 Å². The molecule has 0 N–H and O–H groups in total. The summed E-state index contributed by atoms with van der Waals surface area (Å²) in [7, 11) is 1.62. The number of carbonyl (C=O) groups excluding carboxylic acids is 1. The van der Waals surface area contributed by atoms with E-state index < -0.39 is 0 Å². The van der Waals surface area contributed by atoms with Gasteiger partial charge in [0, 0.05) is 19.2 Å². The van der Waals surface area contributed by atoms with E-state index in [1.54, 1.807) is 25.3 Å². The molecule has 4 nitrogen and oxygen atoms in total. The number of carbonyl (C=O) groups is 1. The first kappa shape index (κ1) is 17.2. The molecule has 1 heterocycles. The molecule has 124 valence electrons. The van der Waals surface area contributed by atoms with Crippen LogP contribution in [0.4, 0.5) is 0 Å². The van der Waals surface area contributed by atoms with Crippen molar-refractivity contribution in [3.05, 3.63) is 62.9 Å². The highest BCUT2D eigenvalue weighted by Crippen LogP contribution is 2.32. The molecule has 0 saturated heterocycles. The molecule has 0 spiro atoms. The second-order valence-electron chi connectivity index (χ2n) is 5.02. The molecule has 0 fully saturated rings. The maximum atomic E-state index is 12.4. The minimum Gasteiger partial charge on any atom is -0.383 e. The number of aromatic nitrogens is 1. The first-order valence-electron chi connectivity index (χ1n) is 7.22. The Kier molecular flexibility index (Phi) is 5.36. The van der Waals surface area contributed by atoms with Gasteiger partial charge in [-0.1, -0.05) is 52.7 Å². The molecular formula is C17H14Cl2N2O2S. The summed E-state index contributed by atoms with van der Waals surface area (Å²) in [5, 5.41) is 0.921. The molecule has 3 rings (SSSR count). The van der Waals surface area contributed by atoms with Crippen LogP contribution in [0.3, 0.4) is 0 Å². The molecule has 2 aromatic carbocycles. The summed E-state index contributed by atoms with van der Waals surface area (Å²) >= 11 is 13.9. The Morgan fingerprint density at radius 1 is 1.21 bits per heavy atom. The molecule has 7 heteroatoms. The van der Waals surface area contributed by atoms with Gasteiger partial charge in [-0.2, -0.15) is 4.99 Å². The number of benzene rings is 2. The van der Waals surface area contributed by atoms with Crippen molar-refractivity contribution in [3.63, 3.8) is 0 Å². The van der Waals surface area contributed by atoms with Crippen LogP contribution in [-0.2, 0) is 11.3 Å². The topological polar surface area (TPSA) is 43.6 Å². The van der Waals surface area contributed by atoms with Crippen LogP contribution in [-0.4, -0.2) is 24.2 Å². The van der Waals surface area contributed by atoms with Crippen molar-refractivity contribution in [2.45, 2.75) is 6.54 Å². The van der Waals surface area contributed by atoms with Gasteiger partial charge in [-0.3, -0.25) is 4.79 Å². The van der Waals surface area contributed by atoms with Crippen LogP contribution in [0.15, 0.2) is 47.5 Å². The molecule has 1 amide bonds. The van der Waals surface area contributed by atoms with Crippen LogP contribution in [0, 0.1) is 0 Å². The monoisotopic (exact) mass is 380 g/mol. The zero-order valence-corrected chi connectivity index (χ0v) is 15.2. The molecule has 0 aliphatic rings. The summed E-state index contributed by atoms with van der Waals surface area (Å²) in [5.41, 5.74) is 1.31. The van der Waals surface area contributed by atoms with E-state index >= 15 is 0 Å². The first-order valence-corrected chi connectivity index (χ1v) is 8.79. The predicted molar refractivity (Wildman–Crippen MR) is 98.0 cm³/mol. The lowest BCUT2D eigenvalue weighted by atomic mass is 10.2. The smallest absolute Gasteiger partial charge is 0.279 e. The summed E-state index contributed by atoms with van der Waals surface area (Å²) in [6, 6.07) is 12.6. The van der Waals surface area contributed by atoms with E-state index in [1.807, 2.05) is 28.8 Å². The minimum absolute atomic E-state index is 0.296. The molecule has 24 heavy (non-hydrogen) atoms. The minimum atomic E-state index is -0.296. The summed E-state index contributed by atoms with van der Waals surface area (Å²) in [6.45, 7) is 0.999. The van der Waals surface area contributed by atoms with Gasteiger partial charge in [0.15, 0.2) is 4.80 Å². The number of amides is 1. The fourth-order valence-corrected chi connectivity index (χ4v) is 3.85. The SMILES string of the molecule is COCCn1c(=NC(=O)c2ccccc2)sc2ccc(Cl)c(Cl)c21. The number of fused-ring (bicyclic) bond motifs is 1. The Morgan fingerprint density at radius 2 is 1.96 bits per heavy atom. The summed E-state index contributed by atoms with van der Waals surface area (Å²) < 4.78 is 7.95. The average Bonchev–Trinajstić information content (AvgIpc) is 2.95. The molecule has 0 unspecified atom stereocenters. The maximum Gasteiger partial charge on any atom is 0.279 e. The quantitative estimate of drug-likeness (QED) is 0.673. The lowest BCUT2D eigenvalue weighted by Gasteiger charge is -2.06. The number of hydrogen-bond donors (Lipinski definition) is 0. The summed E-state index contributed by atoms with van der Waals surface area (Å²) in [6.07, 6.45) is 0. The molecule has 1 aromatic heterocycles. The Balaban J connectivity index is 2.18. The van der Waals surface area contributed by atoms with Gasteiger partial charge in [0.05, 0.1) is 26.9 Å². The van der Waals surface area contributed by atoms with Crippen LogP contribution >= 0.6 is 34.5 Å². The number of hydrogen-bond acceptors (Lipinski definition) is 3. The molecule has 0 aliphatic carbocycles. The summed E-state index contributed by atoms with van der Waals surface area (Å²) in [5.74, 6) is -0.296. The zero-order chi connectivity index (χ0) is 17.1. The normalized spacial score (nSPS) is 12.0. The number of halogens is 2. The molecular weight excluding hydrogens is 367 g/mol. The van der Waals surface area contributed by atoms with Gasteiger partial charge in [-0.05, 0) is 24.3 Å². The first-order chi connectivity index (χ1) is 11.6. The van der Waals surface area contributed by atoms with Crippen LogP contribution in [0.1, 0.15) is 10.4 Å². The van der Waals surface area contributed by atoms with Crippen molar-refractivity contribution < 1.29 is 9.53 Å². The van der Waals surface area contributed by atoms with Gasteiger partial charge < -0.3 is 9.30 Å². The molecule has 0 atom stereocenters. The molecule has 0 aliphatic heterocycles. The van der Waals surface area contributed by atoms with Gasteiger partial charge in [-0.25, -0.2) is 0 Å². The third-order valence-corrected chi connectivity index (χ3v) is 5.31. The predicted octanol–water partition coefficient (Wildman–Crippen LogP) is 4.40. The second-order valence-corrected chi connectivity index (χ2v) is 6.81. The van der Waals surface area contributed by atoms with Gasteiger partial charge >= 0.3 is 0 Å². The third-order valence-electron chi connectivity index (χ3n) is 3.47. The average molecular weight is 381 g/mol. The second kappa shape index (κ2) is 7.49. The van der Waals surface area contributed by atoms with Crippen molar-refractivity contribution in [2.75, 3.05) is 13.7 Å². The number of nitrogens with zero attached hydrogens (tertiary/aromatic N) is 2. The highest BCUT2D eigenvalue weighted by molar-refractivity contribution is 7.16. The Morgan fingerprint density at radius 3 is 2.67 bits per heavy atom. The van der Waals surface area contributed by atoms with E-state index in [9.17, 15) is 4.79 Å². The fraction of sp³-hybridized carbons (Fsp3) is 0.176. The number of ether oxygens (including phenoxy) is 1. The van der Waals surface area contributed by atoms with Crippen LogP contribution in [0.2, 0.25) is 10.0 Å². The van der Waals surface area contributed by atoms with Gasteiger partial charge in [0.2, 0.25) is 0 Å². The van der Waals surface area contributed by atoms with Crippen molar-refractivity contribution in [3.8, 4) is 0 Å². The maximum absolute atomic E-state index is 12.4. The summed E-state index contributed by atoms with van der Waals surface area (Å²) in [4.78, 5) is 17.3. The van der Waals surface area contributed by atoms with Gasteiger partial charge in [-0.15, -0.1) is 0 Å². The zero-order valence-electron chi connectivity index (χ0n) is 12.8. The van der Waals surface area contributed by atoms with Crippen LogP contribution in [0.5, 0.6) is 0 Å². The van der Waals surface area contributed by atoms with E-state index in [0.29, 0.717) is 33.6 Å². The van der Waals surface area contributed by atoms with E-state index in [-0.39, 0.29) is 5.91 Å². The number of methoxy groups -OCH3 is 1.